The lowest BCUT2D eigenvalue weighted by atomic mass is 10.1. The van der Waals surface area contributed by atoms with E-state index in [0.29, 0.717) is 12.1 Å². The summed E-state index contributed by atoms with van der Waals surface area (Å²) < 4.78 is 5.48. The van der Waals surface area contributed by atoms with Gasteiger partial charge in [-0.1, -0.05) is 0 Å². The number of ether oxygens (including phenoxy) is 1. The second-order valence-electron chi connectivity index (χ2n) is 7.00. The van der Waals surface area contributed by atoms with Gasteiger partial charge in [0.05, 0.1) is 19.3 Å². The van der Waals surface area contributed by atoms with E-state index in [0.717, 1.165) is 51.9 Å². The van der Waals surface area contributed by atoms with Crippen molar-refractivity contribution in [3.05, 3.63) is 22.4 Å². The average Bonchev–Trinajstić information content (AvgIpc) is 3.31. The normalized spacial score (nSPS) is 24.1. The van der Waals surface area contributed by atoms with Gasteiger partial charge in [0.15, 0.2) is 5.96 Å². The van der Waals surface area contributed by atoms with Crippen LogP contribution >= 0.6 is 11.3 Å². The van der Waals surface area contributed by atoms with Crippen LogP contribution in [0.25, 0.3) is 0 Å². The molecule has 0 bridgehead atoms. The molecule has 0 aromatic carbocycles. The van der Waals surface area contributed by atoms with Crippen molar-refractivity contribution in [2.24, 2.45) is 4.99 Å². The minimum absolute atomic E-state index is 0.362. The predicted octanol–water partition coefficient (Wildman–Crippen LogP) is 1.33. The van der Waals surface area contributed by atoms with Crippen molar-refractivity contribution in [1.82, 2.24) is 20.0 Å². The van der Waals surface area contributed by atoms with E-state index in [-0.39, 0.29) is 0 Å². The fourth-order valence-electron chi connectivity index (χ4n) is 3.76. The van der Waals surface area contributed by atoms with Gasteiger partial charge in [-0.25, -0.2) is 0 Å². The Morgan fingerprint density at radius 2 is 2.20 bits per heavy atom. The van der Waals surface area contributed by atoms with Crippen LogP contribution in [-0.4, -0.2) is 93.8 Å². The monoisotopic (exact) mass is 365 g/mol. The molecule has 2 unspecified atom stereocenters. The standard InChI is InChI=1S/C18H31N5OS/c1-19-18(20-12-17(21(2)3)15-5-11-25-14-15)23-6-4-16(13-23)22-7-9-24-10-8-22/h5,11,14,16-17H,4,6-10,12-13H2,1-3H3,(H,19,20). The molecule has 1 aromatic heterocycles. The smallest absolute Gasteiger partial charge is 0.193 e. The highest BCUT2D eigenvalue weighted by molar-refractivity contribution is 7.07. The lowest BCUT2D eigenvalue weighted by Gasteiger charge is -2.32. The zero-order chi connectivity index (χ0) is 17.6. The maximum Gasteiger partial charge on any atom is 0.193 e. The fraction of sp³-hybridized carbons (Fsp3) is 0.722. The molecule has 3 rings (SSSR count). The molecule has 0 saturated carbocycles. The van der Waals surface area contributed by atoms with Gasteiger partial charge in [0.25, 0.3) is 0 Å². The van der Waals surface area contributed by atoms with E-state index in [1.54, 1.807) is 11.3 Å². The Labute approximate surface area is 155 Å². The molecule has 0 aliphatic carbocycles. The van der Waals surface area contributed by atoms with Gasteiger partial charge in [0.2, 0.25) is 0 Å². The maximum atomic E-state index is 5.48. The number of rotatable bonds is 5. The number of likely N-dealkylation sites (N-methyl/N-ethyl adjacent to an activating group) is 1. The molecule has 2 fully saturated rings. The summed E-state index contributed by atoms with van der Waals surface area (Å²) in [4.78, 5) is 11.8. The molecule has 25 heavy (non-hydrogen) atoms. The number of aliphatic imine (C=N–C) groups is 1. The Morgan fingerprint density at radius 3 is 2.84 bits per heavy atom. The number of likely N-dealkylation sites (tertiary alicyclic amines) is 1. The highest BCUT2D eigenvalue weighted by Gasteiger charge is 2.30. The molecule has 1 N–H and O–H groups in total. The maximum absolute atomic E-state index is 5.48. The minimum atomic E-state index is 0.362. The Bertz CT molecular complexity index is 542. The third-order valence-corrected chi connectivity index (χ3v) is 5.94. The third-order valence-electron chi connectivity index (χ3n) is 5.24. The topological polar surface area (TPSA) is 43.3 Å². The SMILES string of the molecule is CN=C(NCC(c1ccsc1)N(C)C)N1CCC(N2CCOCC2)C1. The fourth-order valence-corrected chi connectivity index (χ4v) is 4.47. The largest absolute Gasteiger partial charge is 0.379 e. The molecule has 2 atom stereocenters. The summed E-state index contributed by atoms with van der Waals surface area (Å²) in [6.45, 7) is 6.87. The summed E-state index contributed by atoms with van der Waals surface area (Å²) in [7, 11) is 6.16. The molecule has 0 radical (unpaired) electrons. The predicted molar refractivity (Wildman–Crippen MR) is 104 cm³/mol. The van der Waals surface area contributed by atoms with E-state index in [4.69, 9.17) is 4.74 Å². The molecular formula is C18H31N5OS. The van der Waals surface area contributed by atoms with Gasteiger partial charge in [-0.2, -0.15) is 11.3 Å². The molecule has 7 heteroatoms. The quantitative estimate of drug-likeness (QED) is 0.630. The number of hydrogen-bond acceptors (Lipinski definition) is 5. The van der Waals surface area contributed by atoms with Gasteiger partial charge in [-0.05, 0) is 42.9 Å². The van der Waals surface area contributed by atoms with Crippen LogP contribution in [0.1, 0.15) is 18.0 Å². The first-order chi connectivity index (χ1) is 12.2. The Balaban J connectivity index is 1.54. The van der Waals surface area contributed by atoms with E-state index >= 15 is 0 Å². The minimum Gasteiger partial charge on any atom is -0.379 e. The summed E-state index contributed by atoms with van der Waals surface area (Å²) in [5, 5.41) is 7.98. The van der Waals surface area contributed by atoms with Crippen LogP contribution in [-0.2, 0) is 4.74 Å². The number of hydrogen-bond donors (Lipinski definition) is 1. The van der Waals surface area contributed by atoms with E-state index in [2.05, 4.69) is 55.9 Å². The number of guanidine groups is 1. The Morgan fingerprint density at radius 1 is 1.40 bits per heavy atom. The number of morpholine rings is 1. The summed E-state index contributed by atoms with van der Waals surface area (Å²) in [5.41, 5.74) is 1.37. The van der Waals surface area contributed by atoms with E-state index < -0.39 is 0 Å². The van der Waals surface area contributed by atoms with Gasteiger partial charge in [0, 0.05) is 45.8 Å². The Kier molecular flexibility index (Phi) is 6.70. The molecule has 1 aromatic rings. The first-order valence-corrected chi connectivity index (χ1v) is 10.1. The highest BCUT2D eigenvalue weighted by atomic mass is 32.1. The Hall–Kier alpha value is -1.15. The lowest BCUT2D eigenvalue weighted by molar-refractivity contribution is 0.0195. The first-order valence-electron chi connectivity index (χ1n) is 9.15. The number of nitrogens with zero attached hydrogens (tertiary/aromatic N) is 4. The van der Waals surface area contributed by atoms with Crippen molar-refractivity contribution >= 4 is 17.3 Å². The molecule has 6 nitrogen and oxygen atoms in total. The highest BCUT2D eigenvalue weighted by Crippen LogP contribution is 2.21. The van der Waals surface area contributed by atoms with Gasteiger partial charge < -0.3 is 19.9 Å². The zero-order valence-corrected chi connectivity index (χ0v) is 16.5. The number of thiophene rings is 1. The first kappa shape index (κ1) is 18.6. The molecule has 0 amide bonds. The second-order valence-corrected chi connectivity index (χ2v) is 7.78. The zero-order valence-electron chi connectivity index (χ0n) is 15.6. The second kappa shape index (κ2) is 8.98. The van der Waals surface area contributed by atoms with Gasteiger partial charge in [0.1, 0.15) is 0 Å². The number of nitrogens with one attached hydrogen (secondary N) is 1. The van der Waals surface area contributed by atoms with Crippen LogP contribution in [0.3, 0.4) is 0 Å². The van der Waals surface area contributed by atoms with Crippen molar-refractivity contribution in [1.29, 1.82) is 0 Å². The average molecular weight is 366 g/mol. The van der Waals surface area contributed by atoms with Crippen molar-refractivity contribution in [3.8, 4) is 0 Å². The van der Waals surface area contributed by atoms with Crippen molar-refractivity contribution < 1.29 is 4.74 Å². The van der Waals surface area contributed by atoms with Gasteiger partial charge in [-0.15, -0.1) is 0 Å². The molecular weight excluding hydrogens is 334 g/mol. The summed E-state index contributed by atoms with van der Waals surface area (Å²) in [6.07, 6.45) is 1.21. The summed E-state index contributed by atoms with van der Waals surface area (Å²) >= 11 is 1.76. The summed E-state index contributed by atoms with van der Waals surface area (Å²) in [6, 6.07) is 3.20. The van der Waals surface area contributed by atoms with Crippen molar-refractivity contribution in [2.75, 3.05) is 67.1 Å². The van der Waals surface area contributed by atoms with E-state index in [1.807, 2.05) is 7.05 Å². The molecule has 140 valence electrons. The molecule has 3 heterocycles. The lowest BCUT2D eigenvalue weighted by Crippen LogP contribution is -2.47. The third kappa shape index (κ3) is 4.73. The van der Waals surface area contributed by atoms with Crippen LogP contribution in [0.4, 0.5) is 0 Å². The molecule has 2 aliphatic rings. The van der Waals surface area contributed by atoms with Crippen LogP contribution < -0.4 is 5.32 Å². The van der Waals surface area contributed by atoms with Gasteiger partial charge in [-0.3, -0.25) is 9.89 Å². The van der Waals surface area contributed by atoms with Crippen molar-refractivity contribution in [3.63, 3.8) is 0 Å². The molecule has 2 aliphatic heterocycles. The van der Waals surface area contributed by atoms with Crippen LogP contribution in [0.5, 0.6) is 0 Å². The van der Waals surface area contributed by atoms with Crippen molar-refractivity contribution in [2.45, 2.75) is 18.5 Å². The van der Waals surface area contributed by atoms with Gasteiger partial charge >= 0.3 is 0 Å². The molecule has 0 spiro atoms. The van der Waals surface area contributed by atoms with E-state index in [1.165, 1.54) is 12.0 Å². The molecule has 2 saturated heterocycles. The summed E-state index contributed by atoms with van der Waals surface area (Å²) in [5.74, 6) is 1.03. The van der Waals surface area contributed by atoms with Crippen LogP contribution in [0.15, 0.2) is 21.8 Å². The van der Waals surface area contributed by atoms with E-state index in [9.17, 15) is 0 Å². The van der Waals surface area contributed by atoms with Crippen LogP contribution in [0.2, 0.25) is 0 Å². The van der Waals surface area contributed by atoms with Crippen LogP contribution in [0, 0.1) is 0 Å².